The molecular formula is C15H14N2O3. The number of nitrogens with zero attached hydrogens (tertiary/aromatic N) is 2. The topological polar surface area (TPSA) is 71.8 Å². The maximum absolute atomic E-state index is 12.1. The lowest BCUT2D eigenvalue weighted by molar-refractivity contribution is 0.0985. The number of para-hydroxylation sites is 1. The average Bonchev–Trinajstić information content (AvgIpc) is 2.48. The predicted molar refractivity (Wildman–Crippen MR) is 74.8 cm³/mol. The van der Waals surface area contributed by atoms with Gasteiger partial charge < -0.3 is 9.94 Å². The first-order valence-corrected chi connectivity index (χ1v) is 6.18. The Labute approximate surface area is 116 Å². The molecule has 5 nitrogen and oxygen atoms in total. The molecule has 0 atom stereocenters. The molecule has 0 aliphatic rings. The van der Waals surface area contributed by atoms with Crippen LogP contribution < -0.4 is 4.74 Å². The summed E-state index contributed by atoms with van der Waals surface area (Å²) in [5, 5.41) is 11.6. The van der Waals surface area contributed by atoms with E-state index in [0.29, 0.717) is 23.5 Å². The third-order valence-electron chi connectivity index (χ3n) is 2.69. The quantitative estimate of drug-likeness (QED) is 0.391. The van der Waals surface area contributed by atoms with Crippen molar-refractivity contribution in [3.8, 4) is 11.5 Å². The molecule has 0 saturated heterocycles. The summed E-state index contributed by atoms with van der Waals surface area (Å²) in [7, 11) is 0. The molecule has 1 heterocycles. The van der Waals surface area contributed by atoms with Gasteiger partial charge in [-0.05, 0) is 18.2 Å². The van der Waals surface area contributed by atoms with Crippen molar-refractivity contribution >= 4 is 12.0 Å². The monoisotopic (exact) mass is 270 g/mol. The van der Waals surface area contributed by atoms with Crippen molar-refractivity contribution < 1.29 is 14.7 Å². The van der Waals surface area contributed by atoms with E-state index in [1.165, 1.54) is 6.20 Å². The molecule has 0 aliphatic carbocycles. The molecule has 0 saturated carbocycles. The van der Waals surface area contributed by atoms with Gasteiger partial charge >= 0.3 is 0 Å². The first-order chi connectivity index (χ1) is 9.76. The Bertz CT molecular complexity index is 624. The summed E-state index contributed by atoms with van der Waals surface area (Å²) in [6.07, 6.45) is 2.94. The van der Waals surface area contributed by atoms with Crippen LogP contribution in [0.3, 0.4) is 0 Å². The zero-order chi connectivity index (χ0) is 14.4. The van der Waals surface area contributed by atoms with E-state index < -0.39 is 0 Å². The summed E-state index contributed by atoms with van der Waals surface area (Å²) in [4.78, 5) is 16.1. The van der Waals surface area contributed by atoms with Gasteiger partial charge in [-0.2, -0.15) is 0 Å². The fourth-order valence-electron chi connectivity index (χ4n) is 1.77. The van der Waals surface area contributed by atoms with Crippen molar-refractivity contribution in [3.05, 3.63) is 53.9 Å². The highest BCUT2D eigenvalue weighted by Gasteiger charge is 2.17. The van der Waals surface area contributed by atoms with Crippen molar-refractivity contribution in [1.82, 2.24) is 4.98 Å². The minimum Gasteiger partial charge on any atom is -0.456 e. The molecule has 5 heteroatoms. The summed E-state index contributed by atoms with van der Waals surface area (Å²) in [6, 6.07) is 10.8. The maximum Gasteiger partial charge on any atom is 0.168 e. The summed E-state index contributed by atoms with van der Waals surface area (Å²) in [6.45, 7) is 1.75. The van der Waals surface area contributed by atoms with Gasteiger partial charge in [0.25, 0.3) is 0 Å². The Morgan fingerprint density at radius 2 is 2.10 bits per heavy atom. The fourth-order valence-corrected chi connectivity index (χ4v) is 1.77. The molecule has 102 valence electrons. The highest BCUT2D eigenvalue weighted by molar-refractivity contribution is 6.04. The molecule has 2 aromatic rings. The van der Waals surface area contributed by atoms with E-state index in [2.05, 4.69) is 10.1 Å². The van der Waals surface area contributed by atoms with Gasteiger partial charge in [0.2, 0.25) is 0 Å². The largest absolute Gasteiger partial charge is 0.456 e. The van der Waals surface area contributed by atoms with Crippen LogP contribution in [-0.2, 0) is 0 Å². The molecule has 0 radical (unpaired) electrons. The van der Waals surface area contributed by atoms with Crippen molar-refractivity contribution in [2.24, 2.45) is 5.16 Å². The molecule has 1 aromatic carbocycles. The van der Waals surface area contributed by atoms with E-state index in [4.69, 9.17) is 9.94 Å². The molecule has 2 rings (SSSR count). The van der Waals surface area contributed by atoms with E-state index >= 15 is 0 Å². The van der Waals surface area contributed by atoms with Crippen LogP contribution >= 0.6 is 0 Å². The van der Waals surface area contributed by atoms with Crippen LogP contribution in [0.1, 0.15) is 29.4 Å². The molecule has 0 unspecified atom stereocenters. The number of carbonyl (C=O) groups excluding carboxylic acids is 1. The Balaban J connectivity index is 2.46. The molecular weight excluding hydrogens is 256 g/mol. The Hall–Kier alpha value is -2.69. The van der Waals surface area contributed by atoms with Gasteiger partial charge in [0.1, 0.15) is 11.5 Å². The molecule has 0 aliphatic heterocycles. The third-order valence-corrected chi connectivity index (χ3v) is 2.69. The smallest absolute Gasteiger partial charge is 0.168 e. The number of pyridine rings is 1. The number of Topliss-reactive ketones (excluding diaryl/α,β-unsaturated/α-hetero) is 1. The van der Waals surface area contributed by atoms with E-state index in [0.717, 1.165) is 6.21 Å². The van der Waals surface area contributed by atoms with Crippen LogP contribution in [0.4, 0.5) is 0 Å². The highest BCUT2D eigenvalue weighted by atomic mass is 16.5. The average molecular weight is 270 g/mol. The summed E-state index contributed by atoms with van der Waals surface area (Å²) < 4.78 is 5.72. The van der Waals surface area contributed by atoms with E-state index in [9.17, 15) is 4.79 Å². The van der Waals surface area contributed by atoms with Gasteiger partial charge in [0.15, 0.2) is 5.78 Å². The number of oxime groups is 1. The lowest BCUT2D eigenvalue weighted by Gasteiger charge is -2.11. The number of ether oxygens (including phenoxy) is 1. The number of benzene rings is 1. The van der Waals surface area contributed by atoms with Crippen LogP contribution in [-0.4, -0.2) is 22.2 Å². The summed E-state index contributed by atoms with van der Waals surface area (Å²) in [5.74, 6) is 0.891. The highest BCUT2D eigenvalue weighted by Crippen LogP contribution is 2.27. The Morgan fingerprint density at radius 1 is 1.35 bits per heavy atom. The number of ketones is 1. The second-order valence-electron chi connectivity index (χ2n) is 4.01. The van der Waals surface area contributed by atoms with Crippen LogP contribution in [0.15, 0.2) is 47.8 Å². The van der Waals surface area contributed by atoms with Crippen LogP contribution in [0, 0.1) is 0 Å². The fraction of sp³-hybridized carbons (Fsp3) is 0.133. The van der Waals surface area contributed by atoms with Crippen molar-refractivity contribution in [3.63, 3.8) is 0 Å². The lowest BCUT2D eigenvalue weighted by Crippen LogP contribution is -2.07. The first kappa shape index (κ1) is 13.7. The number of hydrogen-bond donors (Lipinski definition) is 1. The van der Waals surface area contributed by atoms with E-state index in [-0.39, 0.29) is 11.5 Å². The number of carbonyl (C=O) groups is 1. The number of rotatable bonds is 5. The first-order valence-electron chi connectivity index (χ1n) is 6.18. The van der Waals surface area contributed by atoms with Gasteiger partial charge in [0, 0.05) is 12.6 Å². The number of hydrogen-bond acceptors (Lipinski definition) is 5. The van der Waals surface area contributed by atoms with Crippen LogP contribution in [0.5, 0.6) is 11.5 Å². The van der Waals surface area contributed by atoms with Gasteiger partial charge in [-0.1, -0.05) is 30.3 Å². The SMILES string of the molecule is CCC(=O)c1c(Oc2ccccc2)ccnc1C=NO. The van der Waals surface area contributed by atoms with Crippen LogP contribution in [0.2, 0.25) is 0 Å². The molecule has 1 N–H and O–H groups in total. The molecule has 0 amide bonds. The van der Waals surface area contributed by atoms with Gasteiger partial charge in [0.05, 0.1) is 17.5 Å². The molecule has 0 fully saturated rings. The Morgan fingerprint density at radius 3 is 2.75 bits per heavy atom. The normalized spacial score (nSPS) is 10.7. The molecule has 0 spiro atoms. The second-order valence-corrected chi connectivity index (χ2v) is 4.01. The molecule has 0 bridgehead atoms. The minimum absolute atomic E-state index is 0.126. The van der Waals surface area contributed by atoms with Crippen LogP contribution in [0.25, 0.3) is 0 Å². The Kier molecular flexibility index (Phi) is 4.44. The number of aromatic nitrogens is 1. The third kappa shape index (κ3) is 3.00. The van der Waals surface area contributed by atoms with Crippen molar-refractivity contribution in [2.45, 2.75) is 13.3 Å². The van der Waals surface area contributed by atoms with Gasteiger partial charge in [-0.3, -0.25) is 9.78 Å². The van der Waals surface area contributed by atoms with Crippen molar-refractivity contribution in [2.75, 3.05) is 0 Å². The van der Waals surface area contributed by atoms with Gasteiger partial charge in [-0.15, -0.1) is 0 Å². The predicted octanol–water partition coefficient (Wildman–Crippen LogP) is 3.27. The standard InChI is InChI=1S/C15H14N2O3/c1-2-13(18)15-12(10-17-19)16-9-8-14(15)20-11-6-4-3-5-7-11/h3-10,19H,2H2,1H3. The van der Waals surface area contributed by atoms with Gasteiger partial charge in [-0.25, -0.2) is 0 Å². The zero-order valence-electron chi connectivity index (χ0n) is 11.0. The summed E-state index contributed by atoms with van der Waals surface area (Å²) in [5.41, 5.74) is 0.601. The van der Waals surface area contributed by atoms with Crippen molar-refractivity contribution in [1.29, 1.82) is 0 Å². The molecule has 1 aromatic heterocycles. The second kappa shape index (κ2) is 6.47. The van der Waals surface area contributed by atoms with E-state index in [1.807, 2.05) is 18.2 Å². The zero-order valence-corrected chi connectivity index (χ0v) is 11.0. The molecule has 20 heavy (non-hydrogen) atoms. The summed E-state index contributed by atoms with van der Waals surface area (Å²) >= 11 is 0. The lowest BCUT2D eigenvalue weighted by atomic mass is 10.1. The van der Waals surface area contributed by atoms with E-state index in [1.54, 1.807) is 25.1 Å². The minimum atomic E-state index is -0.126. The maximum atomic E-state index is 12.1.